The molecule has 1 heterocycles. The van der Waals surface area contributed by atoms with Gasteiger partial charge >= 0.3 is 0 Å². The van der Waals surface area contributed by atoms with E-state index in [1.54, 1.807) is 24.3 Å². The van der Waals surface area contributed by atoms with Crippen molar-refractivity contribution in [1.29, 1.82) is 0 Å². The van der Waals surface area contributed by atoms with E-state index in [4.69, 9.17) is 11.2 Å². The molecule has 6 nitrogen and oxygen atoms in total. The molecule has 0 saturated carbocycles. The molecule has 1 aliphatic rings. The van der Waals surface area contributed by atoms with Crippen LogP contribution in [0.25, 0.3) is 6.08 Å². The lowest BCUT2D eigenvalue weighted by Crippen LogP contribution is -2.28. The molecule has 0 atom stereocenters. The molecule has 9 heteroatoms. The van der Waals surface area contributed by atoms with E-state index >= 15 is 0 Å². The highest BCUT2D eigenvalue weighted by Gasteiger charge is 2.34. The average Bonchev–Trinajstić information content (AvgIpc) is 2.97. The van der Waals surface area contributed by atoms with Gasteiger partial charge in [0.25, 0.3) is 17.1 Å². The maximum Gasteiger partial charge on any atom is 0.294 e. The van der Waals surface area contributed by atoms with Gasteiger partial charge in [-0.05, 0) is 75.7 Å². The van der Waals surface area contributed by atoms with Gasteiger partial charge in [-0.2, -0.15) is 0 Å². The molecule has 1 aliphatic heterocycles. The molecule has 1 saturated heterocycles. The molecule has 3 amide bonds. The first kappa shape index (κ1) is 21.6. The Morgan fingerprint density at radius 3 is 2.67 bits per heavy atom. The number of thioether (sulfide) groups is 1. The van der Waals surface area contributed by atoms with E-state index in [-0.39, 0.29) is 18.1 Å². The number of anilines is 1. The summed E-state index contributed by atoms with van der Waals surface area (Å²) in [4.78, 5) is 37.3. The molecule has 2 aromatic carbocycles. The van der Waals surface area contributed by atoms with E-state index in [1.807, 2.05) is 0 Å². The molecule has 30 heavy (non-hydrogen) atoms. The Balaban J connectivity index is 1.62. The third kappa shape index (κ3) is 5.28. The SMILES string of the molecule is C#CCN1C(=O)S/C(=C/c2ccc(OCC(=O)Nc3ccc(F)cc3)c(Br)c2)C1=O. The summed E-state index contributed by atoms with van der Waals surface area (Å²) >= 11 is 4.18. The number of hydrogen-bond donors (Lipinski definition) is 1. The van der Waals surface area contributed by atoms with Crippen molar-refractivity contribution < 1.29 is 23.5 Å². The average molecular weight is 489 g/mol. The highest BCUT2D eigenvalue weighted by atomic mass is 79.9. The van der Waals surface area contributed by atoms with Crippen LogP contribution >= 0.6 is 27.7 Å². The van der Waals surface area contributed by atoms with Crippen LogP contribution in [0.5, 0.6) is 5.75 Å². The molecule has 0 unspecified atom stereocenters. The Morgan fingerprint density at radius 2 is 2.00 bits per heavy atom. The number of carbonyl (C=O) groups is 3. The third-order valence-electron chi connectivity index (χ3n) is 3.86. The van der Waals surface area contributed by atoms with Crippen molar-refractivity contribution in [3.63, 3.8) is 0 Å². The lowest BCUT2D eigenvalue weighted by atomic mass is 10.2. The van der Waals surface area contributed by atoms with Crippen LogP contribution in [-0.4, -0.2) is 35.1 Å². The van der Waals surface area contributed by atoms with E-state index in [0.717, 1.165) is 16.7 Å². The van der Waals surface area contributed by atoms with Crippen LogP contribution in [0.15, 0.2) is 51.8 Å². The first-order chi connectivity index (χ1) is 14.4. The summed E-state index contributed by atoms with van der Waals surface area (Å²) < 4.78 is 19.0. The second-order valence-electron chi connectivity index (χ2n) is 6.01. The Morgan fingerprint density at radius 1 is 1.27 bits per heavy atom. The monoisotopic (exact) mass is 488 g/mol. The summed E-state index contributed by atoms with van der Waals surface area (Å²) in [5, 5.41) is 2.19. The largest absolute Gasteiger partial charge is 0.483 e. The van der Waals surface area contributed by atoms with E-state index in [0.29, 0.717) is 21.5 Å². The number of terminal acetylenes is 1. The summed E-state index contributed by atoms with van der Waals surface area (Å²) in [5.41, 5.74) is 1.12. The van der Waals surface area contributed by atoms with E-state index < -0.39 is 22.9 Å². The predicted molar refractivity (Wildman–Crippen MR) is 116 cm³/mol. The first-order valence-corrected chi connectivity index (χ1v) is 10.1. The second-order valence-corrected chi connectivity index (χ2v) is 7.85. The van der Waals surface area contributed by atoms with Crippen molar-refractivity contribution >= 4 is 56.5 Å². The van der Waals surface area contributed by atoms with Crippen LogP contribution in [-0.2, 0) is 9.59 Å². The number of ether oxygens (including phenoxy) is 1. The maximum atomic E-state index is 12.9. The molecule has 0 bridgehead atoms. The second kappa shape index (κ2) is 9.61. The fourth-order valence-electron chi connectivity index (χ4n) is 2.48. The van der Waals surface area contributed by atoms with E-state index in [9.17, 15) is 18.8 Å². The normalized spacial score (nSPS) is 14.7. The summed E-state index contributed by atoms with van der Waals surface area (Å²) in [6.07, 6.45) is 6.76. The lowest BCUT2D eigenvalue weighted by molar-refractivity contribution is -0.122. The third-order valence-corrected chi connectivity index (χ3v) is 5.39. The number of imide groups is 1. The molecular weight excluding hydrogens is 475 g/mol. The number of hydrogen-bond acceptors (Lipinski definition) is 5. The number of carbonyl (C=O) groups excluding carboxylic acids is 3. The van der Waals surface area contributed by atoms with Crippen LogP contribution in [0.2, 0.25) is 0 Å². The van der Waals surface area contributed by atoms with Gasteiger partial charge < -0.3 is 10.1 Å². The van der Waals surface area contributed by atoms with Gasteiger partial charge in [-0.1, -0.05) is 12.0 Å². The van der Waals surface area contributed by atoms with Gasteiger partial charge in [0, 0.05) is 5.69 Å². The van der Waals surface area contributed by atoms with Crippen molar-refractivity contribution in [2.75, 3.05) is 18.5 Å². The van der Waals surface area contributed by atoms with Crippen molar-refractivity contribution in [1.82, 2.24) is 4.90 Å². The summed E-state index contributed by atoms with van der Waals surface area (Å²) in [6.45, 7) is -0.321. The maximum absolute atomic E-state index is 12.9. The van der Waals surface area contributed by atoms with Gasteiger partial charge in [0.15, 0.2) is 6.61 Å². The van der Waals surface area contributed by atoms with Crippen molar-refractivity contribution in [3.05, 3.63) is 63.2 Å². The topological polar surface area (TPSA) is 75.7 Å². The number of halogens is 2. The highest BCUT2D eigenvalue weighted by Crippen LogP contribution is 2.33. The van der Waals surface area contributed by atoms with Gasteiger partial charge in [0.2, 0.25) is 0 Å². The molecule has 0 aliphatic carbocycles. The quantitative estimate of drug-likeness (QED) is 0.485. The number of amides is 3. The zero-order valence-corrected chi connectivity index (χ0v) is 17.8. The Labute approximate surface area is 184 Å². The molecule has 0 radical (unpaired) electrons. The smallest absolute Gasteiger partial charge is 0.294 e. The summed E-state index contributed by atoms with van der Waals surface area (Å²) in [6, 6.07) is 10.4. The molecule has 0 aromatic heterocycles. The number of rotatable bonds is 6. The van der Waals surface area contributed by atoms with Crippen molar-refractivity contribution in [2.24, 2.45) is 0 Å². The predicted octanol–water partition coefficient (Wildman–Crippen LogP) is 4.28. The van der Waals surface area contributed by atoms with Gasteiger partial charge in [0.05, 0.1) is 15.9 Å². The summed E-state index contributed by atoms with van der Waals surface area (Å²) in [5.74, 6) is 1.47. The highest BCUT2D eigenvalue weighted by molar-refractivity contribution is 9.10. The molecule has 3 rings (SSSR count). The molecular formula is C21H14BrFN2O4S. The molecule has 1 N–H and O–H groups in total. The van der Waals surface area contributed by atoms with Gasteiger partial charge in [-0.15, -0.1) is 6.42 Å². The molecule has 2 aromatic rings. The fourth-order valence-corrected chi connectivity index (χ4v) is 3.83. The lowest BCUT2D eigenvalue weighted by Gasteiger charge is -2.10. The molecule has 0 spiro atoms. The van der Waals surface area contributed by atoms with Crippen LogP contribution in [0.4, 0.5) is 14.9 Å². The first-order valence-electron chi connectivity index (χ1n) is 8.54. The van der Waals surface area contributed by atoms with Gasteiger partial charge in [-0.3, -0.25) is 19.3 Å². The van der Waals surface area contributed by atoms with E-state index in [2.05, 4.69) is 27.2 Å². The van der Waals surface area contributed by atoms with Crippen LogP contribution < -0.4 is 10.1 Å². The molecule has 152 valence electrons. The fraction of sp³-hybridized carbons (Fsp3) is 0.0952. The van der Waals surface area contributed by atoms with Crippen molar-refractivity contribution in [2.45, 2.75) is 0 Å². The minimum Gasteiger partial charge on any atom is -0.483 e. The number of nitrogens with one attached hydrogen (secondary N) is 1. The molecule has 1 fully saturated rings. The zero-order valence-electron chi connectivity index (χ0n) is 15.4. The minimum atomic E-state index is -0.433. The Bertz CT molecular complexity index is 1080. The number of nitrogens with zero attached hydrogens (tertiary/aromatic N) is 1. The van der Waals surface area contributed by atoms with Crippen LogP contribution in [0, 0.1) is 18.2 Å². The van der Waals surface area contributed by atoms with Crippen LogP contribution in [0.3, 0.4) is 0 Å². The van der Waals surface area contributed by atoms with Gasteiger partial charge in [0.1, 0.15) is 11.6 Å². The Hall–Kier alpha value is -3.09. The van der Waals surface area contributed by atoms with E-state index in [1.165, 1.54) is 24.3 Å². The Kier molecular flexibility index (Phi) is 6.92. The van der Waals surface area contributed by atoms with Crippen LogP contribution in [0.1, 0.15) is 5.56 Å². The number of benzene rings is 2. The minimum absolute atomic E-state index is 0.0710. The van der Waals surface area contributed by atoms with Crippen molar-refractivity contribution in [3.8, 4) is 18.1 Å². The zero-order chi connectivity index (χ0) is 21.7. The summed E-state index contributed by atoms with van der Waals surface area (Å²) in [7, 11) is 0. The van der Waals surface area contributed by atoms with Gasteiger partial charge in [-0.25, -0.2) is 4.39 Å². The standard InChI is InChI=1S/C21H14BrFN2O4S/c1-2-9-25-20(27)18(30-21(25)28)11-13-3-8-17(16(22)10-13)29-12-19(26)24-15-6-4-14(23)5-7-15/h1,3-8,10-11H,9,12H2,(H,24,26)/b18-11+.